The Morgan fingerprint density at radius 1 is 1.28 bits per heavy atom. The fraction of sp³-hybridized carbons (Fsp3) is 0.625. The first kappa shape index (κ1) is 22.6. The number of guanidine groups is 1. The highest BCUT2D eigenvalue weighted by atomic mass is 16.5. The smallest absolute Gasteiger partial charge is 0.192 e. The third kappa shape index (κ3) is 5.23. The predicted molar refractivity (Wildman–Crippen MR) is 125 cm³/mol. The van der Waals surface area contributed by atoms with Gasteiger partial charge in [-0.2, -0.15) is 0 Å². The molecular formula is C24H36N6O2. The summed E-state index contributed by atoms with van der Waals surface area (Å²) in [6, 6.07) is 8.54. The summed E-state index contributed by atoms with van der Waals surface area (Å²) >= 11 is 0. The van der Waals surface area contributed by atoms with Crippen LogP contribution in [0.4, 0.5) is 0 Å². The van der Waals surface area contributed by atoms with Crippen molar-refractivity contribution in [3.05, 3.63) is 41.5 Å². The Labute approximate surface area is 190 Å². The van der Waals surface area contributed by atoms with Gasteiger partial charge in [-0.1, -0.05) is 18.2 Å². The van der Waals surface area contributed by atoms with Crippen molar-refractivity contribution in [2.75, 3.05) is 19.8 Å². The Morgan fingerprint density at radius 3 is 2.84 bits per heavy atom. The molecule has 8 nitrogen and oxygen atoms in total. The van der Waals surface area contributed by atoms with E-state index in [0.717, 1.165) is 68.8 Å². The van der Waals surface area contributed by atoms with Crippen LogP contribution in [0.3, 0.4) is 0 Å². The van der Waals surface area contributed by atoms with E-state index in [1.807, 2.05) is 25.5 Å². The minimum Gasteiger partial charge on any atom is -0.487 e. The first-order chi connectivity index (χ1) is 15.6. The third-order valence-corrected chi connectivity index (χ3v) is 6.55. The number of aliphatic imine (C=N–C) groups is 1. The Kier molecular flexibility index (Phi) is 7.29. The molecule has 0 amide bonds. The van der Waals surface area contributed by atoms with Gasteiger partial charge in [0.1, 0.15) is 23.7 Å². The van der Waals surface area contributed by atoms with Crippen molar-refractivity contribution in [1.29, 1.82) is 0 Å². The highest BCUT2D eigenvalue weighted by Crippen LogP contribution is 2.46. The number of aryl methyl sites for hydroxylation is 1. The molecule has 1 aliphatic carbocycles. The summed E-state index contributed by atoms with van der Waals surface area (Å²) in [6.45, 7) is 6.71. The summed E-state index contributed by atoms with van der Waals surface area (Å²) in [7, 11) is 1.97. The van der Waals surface area contributed by atoms with Crippen LogP contribution in [0.15, 0.2) is 29.3 Å². The molecule has 1 unspecified atom stereocenters. The number of benzene rings is 1. The van der Waals surface area contributed by atoms with E-state index in [0.29, 0.717) is 6.54 Å². The standard InChI is InChI=1S/C24H36N6O2/c1-4-31-15-9-14-25-23(26-17-22-29-28-18(2)30(22)3)27-20-16-24(12-7-8-13-24)32-21-11-6-5-10-19(20)21/h5-6,10-11,20H,4,7-9,12-17H2,1-3H3,(H2,25,26,27). The number of rotatable bonds is 8. The molecule has 0 radical (unpaired) electrons. The zero-order valence-corrected chi connectivity index (χ0v) is 19.6. The first-order valence-corrected chi connectivity index (χ1v) is 11.9. The fourth-order valence-corrected chi connectivity index (χ4v) is 4.65. The highest BCUT2D eigenvalue weighted by Gasteiger charge is 2.43. The van der Waals surface area contributed by atoms with Gasteiger partial charge in [-0.3, -0.25) is 0 Å². The van der Waals surface area contributed by atoms with E-state index in [1.165, 1.54) is 18.4 Å². The Balaban J connectivity index is 1.52. The van der Waals surface area contributed by atoms with E-state index in [9.17, 15) is 0 Å². The van der Waals surface area contributed by atoms with E-state index in [4.69, 9.17) is 14.5 Å². The molecule has 2 heterocycles. The van der Waals surface area contributed by atoms with Crippen LogP contribution in [0.2, 0.25) is 0 Å². The molecule has 2 N–H and O–H groups in total. The summed E-state index contributed by atoms with van der Waals surface area (Å²) in [5.74, 6) is 3.52. The van der Waals surface area contributed by atoms with Crippen LogP contribution in [-0.4, -0.2) is 46.1 Å². The zero-order chi connectivity index (χ0) is 22.4. The minimum absolute atomic E-state index is 0.0627. The van der Waals surface area contributed by atoms with Gasteiger partial charge in [-0.25, -0.2) is 4.99 Å². The van der Waals surface area contributed by atoms with Crippen molar-refractivity contribution in [3.8, 4) is 5.75 Å². The normalized spacial score (nSPS) is 19.6. The van der Waals surface area contributed by atoms with Crippen molar-refractivity contribution in [3.63, 3.8) is 0 Å². The molecule has 8 heteroatoms. The molecule has 0 bridgehead atoms. The lowest BCUT2D eigenvalue weighted by Crippen LogP contribution is -2.47. The number of aromatic nitrogens is 3. The van der Waals surface area contributed by atoms with Crippen LogP contribution in [0, 0.1) is 6.92 Å². The van der Waals surface area contributed by atoms with Crippen molar-refractivity contribution in [2.24, 2.45) is 12.0 Å². The molecule has 2 aliphatic rings. The number of hydrogen-bond donors (Lipinski definition) is 2. The van der Waals surface area contributed by atoms with Gasteiger partial charge in [0.15, 0.2) is 11.8 Å². The number of para-hydroxylation sites is 1. The summed E-state index contributed by atoms with van der Waals surface area (Å²) in [6.07, 6.45) is 6.57. The molecule has 1 spiro atoms. The maximum Gasteiger partial charge on any atom is 0.192 e. The SMILES string of the molecule is CCOCCCNC(=NCc1nnc(C)n1C)NC1CC2(CCCC2)Oc2ccccc21. The second-order valence-corrected chi connectivity index (χ2v) is 8.80. The van der Waals surface area contributed by atoms with Gasteiger partial charge in [0.25, 0.3) is 0 Å². The molecule has 174 valence electrons. The average molecular weight is 441 g/mol. The van der Waals surface area contributed by atoms with Gasteiger partial charge in [0, 0.05) is 38.8 Å². The second-order valence-electron chi connectivity index (χ2n) is 8.80. The van der Waals surface area contributed by atoms with Gasteiger partial charge in [0.05, 0.1) is 6.04 Å². The first-order valence-electron chi connectivity index (χ1n) is 11.9. The fourth-order valence-electron chi connectivity index (χ4n) is 4.65. The molecule has 1 fully saturated rings. The molecule has 0 saturated heterocycles. The van der Waals surface area contributed by atoms with Crippen LogP contribution in [0.1, 0.15) is 68.7 Å². The highest BCUT2D eigenvalue weighted by molar-refractivity contribution is 5.80. The van der Waals surface area contributed by atoms with Gasteiger partial charge in [0.2, 0.25) is 0 Å². The van der Waals surface area contributed by atoms with Gasteiger partial charge < -0.3 is 24.7 Å². The van der Waals surface area contributed by atoms with Crippen molar-refractivity contribution in [2.45, 2.75) is 70.6 Å². The summed E-state index contributed by atoms with van der Waals surface area (Å²) < 4.78 is 14.0. The number of fused-ring (bicyclic) bond motifs is 1. The minimum atomic E-state index is -0.0627. The molecule has 1 aromatic carbocycles. The van der Waals surface area contributed by atoms with Crippen LogP contribution in [-0.2, 0) is 18.3 Å². The zero-order valence-electron chi connectivity index (χ0n) is 19.6. The molecule has 1 saturated carbocycles. The number of ether oxygens (including phenoxy) is 2. The van der Waals surface area contributed by atoms with Crippen molar-refractivity contribution >= 4 is 5.96 Å². The second kappa shape index (κ2) is 10.3. The Hall–Kier alpha value is -2.61. The molecule has 2 aromatic rings. The topological polar surface area (TPSA) is 85.6 Å². The number of hydrogen-bond acceptors (Lipinski definition) is 5. The Morgan fingerprint density at radius 2 is 2.09 bits per heavy atom. The molecule has 1 atom stereocenters. The van der Waals surface area contributed by atoms with Crippen molar-refractivity contribution < 1.29 is 9.47 Å². The summed E-state index contributed by atoms with van der Waals surface area (Å²) in [5, 5.41) is 15.6. The van der Waals surface area contributed by atoms with Crippen LogP contribution < -0.4 is 15.4 Å². The molecule has 1 aliphatic heterocycles. The number of nitrogens with zero attached hydrogens (tertiary/aromatic N) is 4. The third-order valence-electron chi connectivity index (χ3n) is 6.55. The van der Waals surface area contributed by atoms with E-state index >= 15 is 0 Å². The van der Waals surface area contributed by atoms with Gasteiger partial charge in [-0.15, -0.1) is 10.2 Å². The molecular weight excluding hydrogens is 404 g/mol. The maximum absolute atomic E-state index is 6.53. The van der Waals surface area contributed by atoms with Crippen LogP contribution >= 0.6 is 0 Å². The largest absolute Gasteiger partial charge is 0.487 e. The molecule has 32 heavy (non-hydrogen) atoms. The predicted octanol–water partition coefficient (Wildman–Crippen LogP) is 3.42. The monoisotopic (exact) mass is 440 g/mol. The van der Waals surface area contributed by atoms with Gasteiger partial charge >= 0.3 is 0 Å². The van der Waals surface area contributed by atoms with Crippen molar-refractivity contribution in [1.82, 2.24) is 25.4 Å². The average Bonchev–Trinajstić information content (AvgIpc) is 3.38. The summed E-state index contributed by atoms with van der Waals surface area (Å²) in [4.78, 5) is 4.86. The lowest BCUT2D eigenvalue weighted by atomic mass is 9.86. The van der Waals surface area contributed by atoms with E-state index in [2.05, 4.69) is 45.1 Å². The lowest BCUT2D eigenvalue weighted by molar-refractivity contribution is 0.0396. The van der Waals surface area contributed by atoms with Crippen LogP contribution in [0.5, 0.6) is 5.75 Å². The molecule has 4 rings (SSSR count). The van der Waals surface area contributed by atoms with Gasteiger partial charge in [-0.05, 0) is 52.0 Å². The molecule has 1 aromatic heterocycles. The quantitative estimate of drug-likeness (QED) is 0.372. The number of nitrogens with one attached hydrogen (secondary N) is 2. The van der Waals surface area contributed by atoms with E-state index < -0.39 is 0 Å². The maximum atomic E-state index is 6.53. The van der Waals surface area contributed by atoms with E-state index in [-0.39, 0.29) is 11.6 Å². The lowest BCUT2D eigenvalue weighted by Gasteiger charge is -2.40. The Bertz CT molecular complexity index is 919. The summed E-state index contributed by atoms with van der Waals surface area (Å²) in [5.41, 5.74) is 1.13. The van der Waals surface area contributed by atoms with E-state index in [1.54, 1.807) is 0 Å². The van der Waals surface area contributed by atoms with Crippen LogP contribution in [0.25, 0.3) is 0 Å².